The summed E-state index contributed by atoms with van der Waals surface area (Å²) in [5.41, 5.74) is 0.378. The van der Waals surface area contributed by atoms with Crippen LogP contribution in [0.15, 0.2) is 4.42 Å². The third kappa shape index (κ3) is 2.42. The number of nitrogens with zero attached hydrogens (tertiary/aromatic N) is 3. The summed E-state index contributed by atoms with van der Waals surface area (Å²) < 4.78 is 11.3. The maximum atomic E-state index is 9.06. The highest BCUT2D eigenvalue weighted by molar-refractivity contribution is 5.48. The van der Waals surface area contributed by atoms with Crippen molar-refractivity contribution >= 4 is 5.88 Å². The van der Waals surface area contributed by atoms with Gasteiger partial charge in [-0.25, -0.2) is 4.98 Å². The molecule has 0 unspecified atom stereocenters. The summed E-state index contributed by atoms with van der Waals surface area (Å²) in [5, 5.41) is 9.06. The molecule has 17 heavy (non-hydrogen) atoms. The van der Waals surface area contributed by atoms with Gasteiger partial charge >= 0.3 is 0 Å². The third-order valence-corrected chi connectivity index (χ3v) is 2.77. The topological polar surface area (TPSA) is 62.3 Å². The minimum Gasteiger partial charge on any atom is -0.424 e. The van der Waals surface area contributed by atoms with Crippen LogP contribution < -0.4 is 4.90 Å². The SMILES string of the molecule is CCc1nc(C#N)c(N2C[C@@H](C)O[C@H](C)C2)o1. The smallest absolute Gasteiger partial charge is 0.234 e. The van der Waals surface area contributed by atoms with Crippen LogP contribution in [0.5, 0.6) is 0 Å². The molecule has 1 fully saturated rings. The molecule has 92 valence electrons. The van der Waals surface area contributed by atoms with Crippen molar-refractivity contribution < 1.29 is 9.15 Å². The fraction of sp³-hybridized carbons (Fsp3) is 0.667. The molecule has 2 atom stereocenters. The Labute approximate surface area is 101 Å². The quantitative estimate of drug-likeness (QED) is 0.781. The molecule has 1 aromatic heterocycles. The lowest BCUT2D eigenvalue weighted by molar-refractivity contribution is -0.00646. The highest BCUT2D eigenvalue weighted by Crippen LogP contribution is 2.25. The Bertz CT molecular complexity index is 425. The Morgan fingerprint density at radius 3 is 2.59 bits per heavy atom. The average molecular weight is 235 g/mol. The van der Waals surface area contributed by atoms with Gasteiger partial charge in [0.15, 0.2) is 5.89 Å². The summed E-state index contributed by atoms with van der Waals surface area (Å²) in [7, 11) is 0. The van der Waals surface area contributed by atoms with E-state index in [0.717, 1.165) is 13.1 Å². The second kappa shape index (κ2) is 4.76. The van der Waals surface area contributed by atoms with Crippen molar-refractivity contribution in [2.45, 2.75) is 39.4 Å². The molecule has 5 heteroatoms. The van der Waals surface area contributed by atoms with Gasteiger partial charge in [-0.15, -0.1) is 0 Å². The molecule has 1 aliphatic heterocycles. The highest BCUT2D eigenvalue weighted by atomic mass is 16.5. The Morgan fingerprint density at radius 1 is 1.41 bits per heavy atom. The van der Waals surface area contributed by atoms with Crippen LogP contribution in [0.1, 0.15) is 32.4 Å². The van der Waals surface area contributed by atoms with Crippen LogP contribution in [0.2, 0.25) is 0 Å². The lowest BCUT2D eigenvalue weighted by atomic mass is 10.2. The molecule has 2 heterocycles. The first-order valence-electron chi connectivity index (χ1n) is 5.94. The van der Waals surface area contributed by atoms with Crippen LogP contribution in [-0.4, -0.2) is 30.3 Å². The number of oxazole rings is 1. The van der Waals surface area contributed by atoms with Crippen molar-refractivity contribution in [2.24, 2.45) is 0 Å². The highest BCUT2D eigenvalue weighted by Gasteiger charge is 2.27. The minimum atomic E-state index is 0.139. The van der Waals surface area contributed by atoms with Crippen LogP contribution in [0, 0.1) is 11.3 Å². The second-order valence-electron chi connectivity index (χ2n) is 4.39. The molecule has 0 saturated carbocycles. The van der Waals surface area contributed by atoms with E-state index < -0.39 is 0 Å². The molecular formula is C12H17N3O2. The van der Waals surface area contributed by atoms with Gasteiger partial charge in [-0.1, -0.05) is 6.92 Å². The van der Waals surface area contributed by atoms with Gasteiger partial charge < -0.3 is 14.1 Å². The molecule has 0 aliphatic carbocycles. The molecule has 0 bridgehead atoms. The first kappa shape index (κ1) is 11.9. The molecule has 5 nitrogen and oxygen atoms in total. The van der Waals surface area contributed by atoms with E-state index in [0.29, 0.717) is 23.9 Å². The van der Waals surface area contributed by atoms with Gasteiger partial charge in [0.05, 0.1) is 12.2 Å². The fourth-order valence-corrected chi connectivity index (χ4v) is 2.14. The van der Waals surface area contributed by atoms with Crippen LogP contribution in [0.3, 0.4) is 0 Å². The van der Waals surface area contributed by atoms with Gasteiger partial charge in [-0.2, -0.15) is 5.26 Å². The van der Waals surface area contributed by atoms with Gasteiger partial charge in [-0.05, 0) is 13.8 Å². The second-order valence-corrected chi connectivity index (χ2v) is 4.39. The predicted octanol–water partition coefficient (Wildman–Crippen LogP) is 1.72. The first-order valence-corrected chi connectivity index (χ1v) is 5.94. The maximum absolute atomic E-state index is 9.06. The molecule has 0 aromatic carbocycles. The lowest BCUT2D eigenvalue weighted by Gasteiger charge is -2.34. The Hall–Kier alpha value is -1.54. The number of aromatic nitrogens is 1. The van der Waals surface area contributed by atoms with E-state index in [4.69, 9.17) is 14.4 Å². The number of ether oxygens (including phenoxy) is 1. The van der Waals surface area contributed by atoms with Crippen LogP contribution >= 0.6 is 0 Å². The van der Waals surface area contributed by atoms with Gasteiger partial charge in [-0.3, -0.25) is 0 Å². The first-order chi connectivity index (χ1) is 8.13. The summed E-state index contributed by atoms with van der Waals surface area (Å²) in [6, 6.07) is 2.09. The van der Waals surface area contributed by atoms with Crippen molar-refractivity contribution in [1.82, 2.24) is 4.98 Å². The molecule has 0 spiro atoms. The number of aryl methyl sites for hydroxylation is 1. The summed E-state index contributed by atoms with van der Waals surface area (Å²) in [6.45, 7) is 7.47. The third-order valence-electron chi connectivity index (χ3n) is 2.77. The monoisotopic (exact) mass is 235 g/mol. The molecule has 1 aromatic rings. The Kier molecular flexibility index (Phi) is 3.34. The van der Waals surface area contributed by atoms with Crippen LogP contribution in [0.4, 0.5) is 5.88 Å². The average Bonchev–Trinajstić information content (AvgIpc) is 2.70. The summed E-state index contributed by atoms with van der Waals surface area (Å²) >= 11 is 0. The fourth-order valence-electron chi connectivity index (χ4n) is 2.14. The molecule has 2 rings (SSSR count). The Balaban J connectivity index is 2.26. The largest absolute Gasteiger partial charge is 0.424 e. The van der Waals surface area contributed by atoms with Crippen LogP contribution in [-0.2, 0) is 11.2 Å². The van der Waals surface area contributed by atoms with Crippen molar-refractivity contribution in [2.75, 3.05) is 18.0 Å². The van der Waals surface area contributed by atoms with Crippen molar-refractivity contribution in [3.63, 3.8) is 0 Å². The number of anilines is 1. The van der Waals surface area contributed by atoms with Gasteiger partial charge in [0, 0.05) is 19.5 Å². The number of nitriles is 1. The maximum Gasteiger partial charge on any atom is 0.234 e. The zero-order chi connectivity index (χ0) is 12.4. The van der Waals surface area contributed by atoms with Crippen LogP contribution in [0.25, 0.3) is 0 Å². The number of hydrogen-bond donors (Lipinski definition) is 0. The lowest BCUT2D eigenvalue weighted by Crippen LogP contribution is -2.45. The van der Waals surface area contributed by atoms with Gasteiger partial charge in [0.25, 0.3) is 0 Å². The molecule has 0 N–H and O–H groups in total. The molecule has 0 radical (unpaired) electrons. The van der Waals surface area contributed by atoms with Crippen molar-refractivity contribution in [1.29, 1.82) is 5.26 Å². The van der Waals surface area contributed by atoms with Crippen molar-refractivity contribution in [3.8, 4) is 6.07 Å². The zero-order valence-electron chi connectivity index (χ0n) is 10.4. The van der Waals surface area contributed by atoms with Crippen molar-refractivity contribution in [3.05, 3.63) is 11.6 Å². The summed E-state index contributed by atoms with van der Waals surface area (Å²) in [5.74, 6) is 1.20. The zero-order valence-corrected chi connectivity index (χ0v) is 10.4. The van der Waals surface area contributed by atoms with E-state index in [1.54, 1.807) is 0 Å². The summed E-state index contributed by atoms with van der Waals surface area (Å²) in [6.07, 6.45) is 0.977. The molecule has 1 saturated heterocycles. The summed E-state index contributed by atoms with van der Waals surface area (Å²) in [4.78, 5) is 6.21. The molecule has 0 amide bonds. The minimum absolute atomic E-state index is 0.139. The Morgan fingerprint density at radius 2 is 2.06 bits per heavy atom. The number of morpholine rings is 1. The van der Waals surface area contributed by atoms with Gasteiger partial charge in [0.1, 0.15) is 6.07 Å². The number of hydrogen-bond acceptors (Lipinski definition) is 5. The standard InChI is InChI=1S/C12H17N3O2/c1-4-11-14-10(5-13)12(17-11)15-6-8(2)16-9(3)7-15/h8-9H,4,6-7H2,1-3H3/t8-,9-/m1/s1. The molecular weight excluding hydrogens is 218 g/mol. The van der Waals surface area contributed by atoms with E-state index in [2.05, 4.69) is 11.1 Å². The number of rotatable bonds is 2. The van der Waals surface area contributed by atoms with E-state index in [1.165, 1.54) is 0 Å². The van der Waals surface area contributed by atoms with E-state index in [9.17, 15) is 0 Å². The molecule has 1 aliphatic rings. The van der Waals surface area contributed by atoms with E-state index in [1.807, 2.05) is 25.7 Å². The normalized spacial score (nSPS) is 24.7. The van der Waals surface area contributed by atoms with E-state index >= 15 is 0 Å². The van der Waals surface area contributed by atoms with E-state index in [-0.39, 0.29) is 12.2 Å². The predicted molar refractivity (Wildman–Crippen MR) is 62.8 cm³/mol. The van der Waals surface area contributed by atoms with Gasteiger partial charge in [0.2, 0.25) is 11.6 Å².